The third-order valence-corrected chi connectivity index (χ3v) is 2.86. The van der Waals surface area contributed by atoms with Gasteiger partial charge in [-0.2, -0.15) is 0 Å². The highest BCUT2D eigenvalue weighted by molar-refractivity contribution is 6.31. The summed E-state index contributed by atoms with van der Waals surface area (Å²) in [6, 6.07) is 10.0. The van der Waals surface area contributed by atoms with Gasteiger partial charge >= 0.3 is 0 Å². The maximum atomic E-state index is 10.8. The van der Waals surface area contributed by atoms with Crippen LogP contribution in [0.1, 0.15) is 10.4 Å². The van der Waals surface area contributed by atoms with Crippen LogP contribution >= 0.6 is 11.6 Å². The van der Waals surface area contributed by atoms with E-state index in [1.807, 2.05) is 0 Å². The number of benzene rings is 2. The standard InChI is InChI=1S/C14H11ClO3/c1-18-14-5-3-11(15)7-12(14)9-2-4-13(17)10(6-9)8-16/h2-8,17H,1H3. The van der Waals surface area contributed by atoms with Crippen molar-refractivity contribution < 1.29 is 14.6 Å². The van der Waals surface area contributed by atoms with E-state index in [-0.39, 0.29) is 11.3 Å². The number of aromatic hydroxyl groups is 1. The number of phenolic OH excluding ortho intramolecular Hbond substituents is 1. The fraction of sp³-hybridized carbons (Fsp3) is 0.0714. The second-order valence-corrected chi connectivity index (χ2v) is 4.17. The topological polar surface area (TPSA) is 46.5 Å². The second-order valence-electron chi connectivity index (χ2n) is 3.74. The third-order valence-electron chi connectivity index (χ3n) is 2.63. The van der Waals surface area contributed by atoms with Gasteiger partial charge in [0.2, 0.25) is 0 Å². The monoisotopic (exact) mass is 262 g/mol. The number of aldehydes is 1. The predicted octanol–water partition coefficient (Wildman–Crippen LogP) is 3.53. The van der Waals surface area contributed by atoms with Gasteiger partial charge in [-0.25, -0.2) is 0 Å². The molecule has 0 aliphatic rings. The van der Waals surface area contributed by atoms with Gasteiger partial charge in [0.1, 0.15) is 11.5 Å². The molecule has 92 valence electrons. The Morgan fingerprint density at radius 2 is 2.00 bits per heavy atom. The largest absolute Gasteiger partial charge is 0.507 e. The summed E-state index contributed by atoms with van der Waals surface area (Å²) >= 11 is 5.95. The number of rotatable bonds is 3. The van der Waals surface area contributed by atoms with E-state index in [1.54, 1.807) is 37.4 Å². The molecule has 3 nitrogen and oxygen atoms in total. The normalized spacial score (nSPS) is 10.1. The molecule has 0 aromatic heterocycles. The van der Waals surface area contributed by atoms with Crippen molar-refractivity contribution in [2.75, 3.05) is 7.11 Å². The highest BCUT2D eigenvalue weighted by Crippen LogP contribution is 2.34. The van der Waals surface area contributed by atoms with Gasteiger partial charge in [-0.15, -0.1) is 0 Å². The smallest absolute Gasteiger partial charge is 0.153 e. The number of ether oxygens (including phenoxy) is 1. The number of carbonyl (C=O) groups is 1. The summed E-state index contributed by atoms with van der Waals surface area (Å²) in [5, 5.41) is 10.0. The Morgan fingerprint density at radius 1 is 1.22 bits per heavy atom. The molecule has 1 N–H and O–H groups in total. The Hall–Kier alpha value is -2.00. The molecule has 0 saturated carbocycles. The van der Waals surface area contributed by atoms with E-state index in [4.69, 9.17) is 16.3 Å². The summed E-state index contributed by atoms with van der Waals surface area (Å²) in [5.74, 6) is 0.608. The first-order valence-corrected chi connectivity index (χ1v) is 5.65. The van der Waals surface area contributed by atoms with Crippen molar-refractivity contribution in [1.29, 1.82) is 0 Å². The van der Waals surface area contributed by atoms with Crippen LogP contribution in [-0.2, 0) is 0 Å². The van der Waals surface area contributed by atoms with Gasteiger partial charge in [-0.1, -0.05) is 17.7 Å². The minimum absolute atomic E-state index is 0.0465. The molecule has 2 rings (SSSR count). The first kappa shape index (κ1) is 12.5. The van der Waals surface area contributed by atoms with Crippen LogP contribution in [0, 0.1) is 0 Å². The van der Waals surface area contributed by atoms with Gasteiger partial charge < -0.3 is 9.84 Å². The fourth-order valence-corrected chi connectivity index (χ4v) is 1.89. The van der Waals surface area contributed by atoms with Crippen molar-refractivity contribution in [1.82, 2.24) is 0 Å². The van der Waals surface area contributed by atoms with E-state index in [0.29, 0.717) is 17.1 Å². The summed E-state index contributed by atoms with van der Waals surface area (Å²) in [6.45, 7) is 0. The molecule has 2 aromatic carbocycles. The highest BCUT2D eigenvalue weighted by atomic mass is 35.5. The van der Waals surface area contributed by atoms with Crippen molar-refractivity contribution in [3.8, 4) is 22.6 Å². The summed E-state index contributed by atoms with van der Waals surface area (Å²) in [7, 11) is 1.56. The molecule has 0 fully saturated rings. The minimum Gasteiger partial charge on any atom is -0.507 e. The summed E-state index contributed by atoms with van der Waals surface area (Å²) in [5.41, 5.74) is 1.76. The molecule has 0 bridgehead atoms. The molecular weight excluding hydrogens is 252 g/mol. The molecule has 0 radical (unpaired) electrons. The van der Waals surface area contributed by atoms with Gasteiger partial charge in [0.15, 0.2) is 6.29 Å². The van der Waals surface area contributed by atoms with Crippen molar-refractivity contribution in [3.05, 3.63) is 47.0 Å². The maximum absolute atomic E-state index is 10.8. The molecule has 0 aliphatic heterocycles. The average Bonchev–Trinajstić information content (AvgIpc) is 2.39. The number of carbonyl (C=O) groups excluding carboxylic acids is 1. The summed E-state index contributed by atoms with van der Waals surface area (Å²) < 4.78 is 5.25. The Labute approximate surface area is 110 Å². The second kappa shape index (κ2) is 5.10. The van der Waals surface area contributed by atoms with Gasteiger partial charge in [-0.05, 0) is 35.9 Å². The van der Waals surface area contributed by atoms with E-state index in [1.165, 1.54) is 6.07 Å². The molecule has 0 atom stereocenters. The molecule has 0 saturated heterocycles. The first-order chi connectivity index (χ1) is 8.65. The van der Waals surface area contributed by atoms with Crippen LogP contribution in [-0.4, -0.2) is 18.5 Å². The molecular formula is C14H11ClO3. The van der Waals surface area contributed by atoms with E-state index in [2.05, 4.69) is 0 Å². The Balaban J connectivity index is 2.60. The van der Waals surface area contributed by atoms with Gasteiger partial charge in [0, 0.05) is 10.6 Å². The Kier molecular flexibility index (Phi) is 3.53. The zero-order valence-electron chi connectivity index (χ0n) is 9.68. The Morgan fingerprint density at radius 3 is 2.67 bits per heavy atom. The molecule has 0 spiro atoms. The SMILES string of the molecule is COc1ccc(Cl)cc1-c1ccc(O)c(C=O)c1. The quantitative estimate of drug-likeness (QED) is 0.861. The lowest BCUT2D eigenvalue weighted by Gasteiger charge is -2.10. The van der Waals surface area contributed by atoms with Gasteiger partial charge in [-0.3, -0.25) is 4.79 Å². The lowest BCUT2D eigenvalue weighted by molar-refractivity contribution is 0.112. The van der Waals surface area contributed by atoms with Crippen molar-refractivity contribution in [2.45, 2.75) is 0 Å². The maximum Gasteiger partial charge on any atom is 0.153 e. The van der Waals surface area contributed by atoms with E-state index >= 15 is 0 Å². The number of hydrogen-bond acceptors (Lipinski definition) is 3. The molecule has 0 amide bonds. The van der Waals surface area contributed by atoms with E-state index in [9.17, 15) is 9.90 Å². The molecule has 4 heteroatoms. The molecule has 18 heavy (non-hydrogen) atoms. The van der Waals surface area contributed by atoms with Crippen LogP contribution in [0.2, 0.25) is 5.02 Å². The van der Waals surface area contributed by atoms with Crippen LogP contribution in [0.3, 0.4) is 0 Å². The number of hydrogen-bond donors (Lipinski definition) is 1. The number of halogens is 1. The first-order valence-electron chi connectivity index (χ1n) is 5.28. The van der Waals surface area contributed by atoms with Crippen molar-refractivity contribution in [3.63, 3.8) is 0 Å². The molecule has 0 unspecified atom stereocenters. The van der Waals surface area contributed by atoms with Crippen LogP contribution in [0.15, 0.2) is 36.4 Å². The highest BCUT2D eigenvalue weighted by Gasteiger charge is 2.09. The van der Waals surface area contributed by atoms with Crippen molar-refractivity contribution in [2.24, 2.45) is 0 Å². The van der Waals surface area contributed by atoms with Crippen LogP contribution in [0.4, 0.5) is 0 Å². The lowest BCUT2D eigenvalue weighted by atomic mass is 10.0. The molecule has 0 heterocycles. The lowest BCUT2D eigenvalue weighted by Crippen LogP contribution is -1.89. The van der Waals surface area contributed by atoms with E-state index in [0.717, 1.165) is 11.1 Å². The van der Waals surface area contributed by atoms with Crippen LogP contribution < -0.4 is 4.74 Å². The average molecular weight is 263 g/mol. The van der Waals surface area contributed by atoms with Gasteiger partial charge in [0.25, 0.3) is 0 Å². The molecule has 0 aliphatic carbocycles. The van der Waals surface area contributed by atoms with Crippen LogP contribution in [0.25, 0.3) is 11.1 Å². The van der Waals surface area contributed by atoms with Crippen LogP contribution in [0.5, 0.6) is 11.5 Å². The third kappa shape index (κ3) is 2.31. The van der Waals surface area contributed by atoms with Crippen molar-refractivity contribution >= 4 is 17.9 Å². The Bertz CT molecular complexity index is 594. The number of phenols is 1. The van der Waals surface area contributed by atoms with E-state index < -0.39 is 0 Å². The predicted molar refractivity (Wildman–Crippen MR) is 70.5 cm³/mol. The minimum atomic E-state index is -0.0465. The summed E-state index contributed by atoms with van der Waals surface area (Å²) in [6.07, 6.45) is 0.607. The van der Waals surface area contributed by atoms with Gasteiger partial charge in [0.05, 0.1) is 12.7 Å². The zero-order chi connectivity index (χ0) is 13.1. The summed E-state index contributed by atoms with van der Waals surface area (Å²) in [4.78, 5) is 10.8. The molecule has 2 aromatic rings. The number of methoxy groups -OCH3 is 1. The fourth-order valence-electron chi connectivity index (χ4n) is 1.72. The zero-order valence-corrected chi connectivity index (χ0v) is 10.4.